The van der Waals surface area contributed by atoms with E-state index in [0.717, 1.165) is 29.6 Å². The molecule has 1 N–H and O–H groups in total. The number of hydrogen-bond acceptors (Lipinski definition) is 6. The van der Waals surface area contributed by atoms with Gasteiger partial charge in [-0.15, -0.1) is 18.3 Å². The zero-order valence-electron chi connectivity index (χ0n) is 25.1. The molecule has 9 nitrogen and oxygen atoms in total. The number of ether oxygens (including phenoxy) is 2. The van der Waals surface area contributed by atoms with Gasteiger partial charge in [-0.1, -0.05) is 55.9 Å². The minimum Gasteiger partial charge on any atom is -0.497 e. The molecular weight excluding hydrogens is 624 g/mol. The van der Waals surface area contributed by atoms with Crippen LogP contribution < -0.4 is 19.7 Å². The van der Waals surface area contributed by atoms with Gasteiger partial charge in [0.25, 0.3) is 0 Å². The SMILES string of the molecule is COc1ccc(C(C)C)c(N2CCCSC2=NC(=O)N/C=C(\F)c2ccc(-c3ncn(-c4ccc(OC(F)(F)F)cc4)n3)cc2)c1. The first-order valence-electron chi connectivity index (χ1n) is 14.2. The second-order valence-electron chi connectivity index (χ2n) is 10.4. The molecule has 4 aromatic rings. The fourth-order valence-corrected chi connectivity index (χ4v) is 5.62. The molecule has 1 aliphatic heterocycles. The summed E-state index contributed by atoms with van der Waals surface area (Å²) in [5.41, 5.74) is 3.28. The van der Waals surface area contributed by atoms with Crippen LogP contribution in [-0.4, -0.2) is 51.7 Å². The highest BCUT2D eigenvalue weighted by Crippen LogP contribution is 2.35. The Morgan fingerprint density at radius 3 is 2.46 bits per heavy atom. The van der Waals surface area contributed by atoms with Gasteiger partial charge in [0.05, 0.1) is 12.8 Å². The van der Waals surface area contributed by atoms with Crippen LogP contribution in [-0.2, 0) is 0 Å². The third-order valence-electron chi connectivity index (χ3n) is 6.90. The summed E-state index contributed by atoms with van der Waals surface area (Å²) < 4.78 is 62.9. The predicted molar refractivity (Wildman–Crippen MR) is 170 cm³/mol. The number of aliphatic imine (C=N–C) groups is 1. The summed E-state index contributed by atoms with van der Waals surface area (Å²) in [7, 11) is 1.60. The smallest absolute Gasteiger partial charge is 0.497 e. The van der Waals surface area contributed by atoms with Crippen molar-refractivity contribution in [2.24, 2.45) is 4.99 Å². The van der Waals surface area contributed by atoms with Crippen molar-refractivity contribution in [3.8, 4) is 28.6 Å². The first-order chi connectivity index (χ1) is 22.0. The van der Waals surface area contributed by atoms with E-state index >= 15 is 0 Å². The Hall–Kier alpha value is -4.85. The maximum atomic E-state index is 15.0. The molecule has 0 aliphatic carbocycles. The average molecular weight is 655 g/mol. The van der Waals surface area contributed by atoms with E-state index in [1.54, 1.807) is 19.2 Å². The first-order valence-corrected chi connectivity index (χ1v) is 15.2. The molecule has 1 fully saturated rings. The Morgan fingerprint density at radius 2 is 1.78 bits per heavy atom. The van der Waals surface area contributed by atoms with Crippen molar-refractivity contribution >= 4 is 34.5 Å². The average Bonchev–Trinajstić information content (AvgIpc) is 3.54. The Balaban J connectivity index is 1.25. The third-order valence-corrected chi connectivity index (χ3v) is 7.97. The van der Waals surface area contributed by atoms with Crippen LogP contribution in [0.4, 0.5) is 28.0 Å². The van der Waals surface area contributed by atoms with Gasteiger partial charge in [-0.25, -0.2) is 18.9 Å². The first kappa shape index (κ1) is 32.5. The maximum Gasteiger partial charge on any atom is 0.573 e. The summed E-state index contributed by atoms with van der Waals surface area (Å²) in [5, 5.41) is 7.29. The lowest BCUT2D eigenvalue weighted by molar-refractivity contribution is -0.274. The van der Waals surface area contributed by atoms with Gasteiger partial charge in [-0.05, 0) is 48.2 Å². The molecule has 14 heteroatoms. The number of nitrogens with one attached hydrogen (secondary N) is 1. The van der Waals surface area contributed by atoms with Crippen molar-refractivity contribution in [2.75, 3.05) is 24.3 Å². The number of urea groups is 1. The number of benzene rings is 3. The molecule has 5 rings (SSSR count). The topological polar surface area (TPSA) is 93.9 Å². The van der Waals surface area contributed by atoms with Crippen molar-refractivity contribution in [3.05, 3.63) is 90.4 Å². The Morgan fingerprint density at radius 1 is 1.07 bits per heavy atom. The van der Waals surface area contributed by atoms with Crippen molar-refractivity contribution in [2.45, 2.75) is 32.5 Å². The molecule has 0 unspecified atom stereocenters. The van der Waals surface area contributed by atoms with E-state index in [2.05, 4.69) is 39.0 Å². The number of amidine groups is 1. The Bertz CT molecular complexity index is 1740. The van der Waals surface area contributed by atoms with E-state index in [9.17, 15) is 22.4 Å². The van der Waals surface area contributed by atoms with Gasteiger partial charge in [0.1, 0.15) is 23.7 Å². The minimum atomic E-state index is -4.78. The van der Waals surface area contributed by atoms with Crippen LogP contribution in [0.3, 0.4) is 0 Å². The predicted octanol–water partition coefficient (Wildman–Crippen LogP) is 7.94. The molecular formula is C32H30F4N6O3S. The highest BCUT2D eigenvalue weighted by molar-refractivity contribution is 8.14. The van der Waals surface area contributed by atoms with Gasteiger partial charge in [-0.2, -0.15) is 4.99 Å². The molecule has 46 heavy (non-hydrogen) atoms. The van der Waals surface area contributed by atoms with Crippen LogP contribution in [0.5, 0.6) is 11.5 Å². The normalized spacial score (nSPS) is 14.9. The largest absolute Gasteiger partial charge is 0.573 e. The van der Waals surface area contributed by atoms with Gasteiger partial charge >= 0.3 is 12.4 Å². The van der Waals surface area contributed by atoms with Crippen LogP contribution >= 0.6 is 11.8 Å². The number of hydrogen-bond donors (Lipinski definition) is 1. The van der Waals surface area contributed by atoms with Crippen LogP contribution in [0, 0.1) is 0 Å². The highest BCUT2D eigenvalue weighted by atomic mass is 32.2. The minimum absolute atomic E-state index is 0.211. The fourth-order valence-electron chi connectivity index (χ4n) is 4.67. The van der Waals surface area contributed by atoms with E-state index < -0.39 is 18.2 Å². The van der Waals surface area contributed by atoms with Crippen LogP contribution in [0.2, 0.25) is 0 Å². The molecule has 0 bridgehead atoms. The van der Waals surface area contributed by atoms with E-state index in [-0.39, 0.29) is 17.2 Å². The number of rotatable bonds is 8. The fraction of sp³-hybridized carbons (Fsp3) is 0.250. The summed E-state index contributed by atoms with van der Waals surface area (Å²) in [6, 6.07) is 16.6. The molecule has 1 aromatic heterocycles. The molecule has 1 aliphatic rings. The molecule has 0 radical (unpaired) electrons. The summed E-state index contributed by atoms with van der Waals surface area (Å²) in [5.74, 6) is 1.03. The summed E-state index contributed by atoms with van der Waals surface area (Å²) in [6.07, 6.45) is -1.50. The summed E-state index contributed by atoms with van der Waals surface area (Å²) >= 11 is 1.46. The van der Waals surface area contributed by atoms with Gasteiger partial charge in [0.15, 0.2) is 11.0 Å². The summed E-state index contributed by atoms with van der Waals surface area (Å²) in [4.78, 5) is 23.2. The van der Waals surface area contributed by atoms with Crippen LogP contribution in [0.1, 0.15) is 37.3 Å². The van der Waals surface area contributed by atoms with Crippen molar-refractivity contribution < 1.29 is 31.8 Å². The van der Waals surface area contributed by atoms with Gasteiger partial charge in [0, 0.05) is 41.4 Å². The second-order valence-corrected chi connectivity index (χ2v) is 11.5. The Labute approximate surface area is 266 Å². The maximum absolute atomic E-state index is 15.0. The number of alkyl halides is 3. The molecule has 0 spiro atoms. The van der Waals surface area contributed by atoms with Gasteiger partial charge < -0.3 is 19.7 Å². The van der Waals surface area contributed by atoms with Crippen molar-refractivity contribution in [1.82, 2.24) is 20.1 Å². The molecule has 240 valence electrons. The van der Waals surface area contributed by atoms with Crippen LogP contribution in [0.25, 0.3) is 22.9 Å². The molecule has 2 amide bonds. The third kappa shape index (κ3) is 8.05. The standard InChI is InChI=1S/C32H30F4N6O3S/c1-20(2)26-14-13-25(44-3)17-28(26)41-15-4-16-46-31(41)39-30(43)37-18-27(33)21-5-7-22(8-6-21)29-38-19-42(40-29)23-9-11-24(12-10-23)45-32(34,35)36/h5-14,17-20H,4,15-16H2,1-3H3,(H,37,43)/b27-18-,39-31?. The number of anilines is 1. The van der Waals surface area contributed by atoms with E-state index in [0.29, 0.717) is 34.5 Å². The molecule has 2 heterocycles. The quantitative estimate of drug-likeness (QED) is 0.193. The number of carbonyl (C=O) groups excluding carboxylic acids is 1. The number of carbonyl (C=O) groups is 1. The lowest BCUT2D eigenvalue weighted by atomic mass is 10.00. The molecule has 0 saturated carbocycles. The molecule has 3 aromatic carbocycles. The van der Waals surface area contributed by atoms with E-state index in [1.165, 1.54) is 59.2 Å². The monoisotopic (exact) mass is 654 g/mol. The number of halogens is 4. The Kier molecular flexibility index (Phi) is 9.95. The lowest BCUT2D eigenvalue weighted by Crippen LogP contribution is -2.36. The highest BCUT2D eigenvalue weighted by Gasteiger charge is 2.31. The van der Waals surface area contributed by atoms with Crippen molar-refractivity contribution in [1.29, 1.82) is 0 Å². The van der Waals surface area contributed by atoms with E-state index in [4.69, 9.17) is 4.74 Å². The van der Waals surface area contributed by atoms with E-state index in [1.807, 2.05) is 23.1 Å². The zero-order valence-corrected chi connectivity index (χ0v) is 25.9. The molecule has 1 saturated heterocycles. The number of methoxy groups -OCH3 is 1. The number of aromatic nitrogens is 3. The summed E-state index contributed by atoms with van der Waals surface area (Å²) in [6.45, 7) is 4.87. The number of nitrogens with zero attached hydrogens (tertiary/aromatic N) is 5. The van der Waals surface area contributed by atoms with Gasteiger partial charge in [0.2, 0.25) is 0 Å². The second kappa shape index (κ2) is 14.1. The molecule has 0 atom stereocenters. The van der Waals surface area contributed by atoms with Gasteiger partial charge in [-0.3, -0.25) is 0 Å². The van der Waals surface area contributed by atoms with Crippen molar-refractivity contribution in [3.63, 3.8) is 0 Å². The van der Waals surface area contributed by atoms with Crippen LogP contribution in [0.15, 0.2) is 84.2 Å². The number of thioether (sulfide) groups is 1. The zero-order chi connectivity index (χ0) is 32.8. The lowest BCUT2D eigenvalue weighted by Gasteiger charge is -2.32. The number of amides is 2.